The predicted octanol–water partition coefficient (Wildman–Crippen LogP) is 0.784. The van der Waals surface area contributed by atoms with Crippen LogP contribution in [0, 0.1) is 0 Å². The molecule has 0 aromatic heterocycles. The highest BCUT2D eigenvalue weighted by atomic mass is 15.0. The first-order valence-corrected chi connectivity index (χ1v) is 3.62. The Bertz CT molecular complexity index is 103. The molecule has 1 nitrogen and oxygen atoms in total. The normalized spacial score (nSPS) is 43.9. The van der Waals surface area contributed by atoms with E-state index in [0.29, 0.717) is 0 Å². The number of fused-ring (bicyclic) bond motifs is 2. The summed E-state index contributed by atoms with van der Waals surface area (Å²) < 4.78 is 0. The SMILES string of the molecule is CB1CC2CCC1N2. The maximum absolute atomic E-state index is 3.58. The van der Waals surface area contributed by atoms with Gasteiger partial charge >= 0.3 is 0 Å². The third-order valence-corrected chi connectivity index (χ3v) is 2.62. The third kappa shape index (κ3) is 0.525. The van der Waals surface area contributed by atoms with Crippen molar-refractivity contribution in [3.8, 4) is 0 Å². The molecule has 2 saturated heterocycles. The molecule has 2 bridgehead atoms. The molecule has 8 heavy (non-hydrogen) atoms. The van der Waals surface area contributed by atoms with E-state index >= 15 is 0 Å². The molecule has 2 rings (SSSR count). The van der Waals surface area contributed by atoms with Gasteiger partial charge in [0, 0.05) is 0 Å². The Labute approximate surface area is 50.9 Å². The zero-order chi connectivity index (χ0) is 5.56. The molecular weight excluding hydrogens is 96.9 g/mol. The summed E-state index contributed by atoms with van der Waals surface area (Å²) >= 11 is 0. The van der Waals surface area contributed by atoms with E-state index in [-0.39, 0.29) is 0 Å². The van der Waals surface area contributed by atoms with Gasteiger partial charge in [-0.3, -0.25) is 0 Å². The van der Waals surface area contributed by atoms with E-state index in [1.807, 2.05) is 0 Å². The summed E-state index contributed by atoms with van der Waals surface area (Å²) in [6.45, 7) is 3.32. The molecule has 2 heterocycles. The van der Waals surface area contributed by atoms with Crippen LogP contribution in [0.2, 0.25) is 13.1 Å². The van der Waals surface area contributed by atoms with Gasteiger partial charge in [-0.15, -0.1) is 0 Å². The van der Waals surface area contributed by atoms with Crippen molar-refractivity contribution in [2.75, 3.05) is 0 Å². The van der Waals surface area contributed by atoms with Gasteiger partial charge in [-0.1, -0.05) is 13.1 Å². The first-order chi connectivity index (χ1) is 3.86. The quantitative estimate of drug-likeness (QED) is 0.453. The highest BCUT2D eigenvalue weighted by molar-refractivity contribution is 6.60. The maximum atomic E-state index is 3.58. The Kier molecular flexibility index (Phi) is 0.914. The summed E-state index contributed by atoms with van der Waals surface area (Å²) in [5.41, 5.74) is 0. The zero-order valence-corrected chi connectivity index (χ0v) is 5.35. The van der Waals surface area contributed by atoms with Gasteiger partial charge in [-0.25, -0.2) is 0 Å². The summed E-state index contributed by atoms with van der Waals surface area (Å²) in [4.78, 5) is 0. The molecule has 0 aliphatic carbocycles. The summed E-state index contributed by atoms with van der Waals surface area (Å²) in [6, 6.07) is 0.898. The number of nitrogens with one attached hydrogen (secondary N) is 1. The number of hydrogen-bond acceptors (Lipinski definition) is 1. The predicted molar refractivity (Wildman–Crippen MR) is 36.4 cm³/mol. The van der Waals surface area contributed by atoms with Gasteiger partial charge in [0.1, 0.15) is 0 Å². The molecule has 0 aromatic rings. The van der Waals surface area contributed by atoms with Gasteiger partial charge in [0.15, 0.2) is 6.71 Å². The van der Waals surface area contributed by atoms with Crippen LogP contribution in [0.25, 0.3) is 0 Å². The van der Waals surface area contributed by atoms with E-state index in [1.165, 1.54) is 19.2 Å². The van der Waals surface area contributed by atoms with Crippen LogP contribution in [-0.2, 0) is 0 Å². The molecule has 2 fully saturated rings. The number of rotatable bonds is 0. The highest BCUT2D eigenvalue weighted by Gasteiger charge is 2.37. The van der Waals surface area contributed by atoms with E-state index in [4.69, 9.17) is 0 Å². The molecule has 0 radical (unpaired) electrons. The highest BCUT2D eigenvalue weighted by Crippen LogP contribution is 2.27. The van der Waals surface area contributed by atoms with Crippen molar-refractivity contribution in [2.24, 2.45) is 0 Å². The van der Waals surface area contributed by atoms with E-state index in [9.17, 15) is 0 Å². The van der Waals surface area contributed by atoms with Crippen molar-refractivity contribution >= 4 is 6.71 Å². The van der Waals surface area contributed by atoms with Crippen LogP contribution in [0.1, 0.15) is 12.8 Å². The van der Waals surface area contributed by atoms with Crippen LogP contribution in [0.3, 0.4) is 0 Å². The fraction of sp³-hybridized carbons (Fsp3) is 1.00. The van der Waals surface area contributed by atoms with E-state index in [1.54, 1.807) is 0 Å². The lowest BCUT2D eigenvalue weighted by atomic mass is 9.43. The van der Waals surface area contributed by atoms with E-state index < -0.39 is 0 Å². The van der Waals surface area contributed by atoms with Crippen LogP contribution < -0.4 is 5.32 Å². The minimum atomic E-state index is 0.889. The average Bonchev–Trinajstić information content (AvgIpc) is 2.23. The smallest absolute Gasteiger partial charge is 0.158 e. The standard InChI is InChI=1S/C6H12BN/c1-7-4-5-2-3-6(7)8-5/h5-6,8H,2-4H2,1H3. The van der Waals surface area contributed by atoms with Crippen molar-refractivity contribution in [3.05, 3.63) is 0 Å². The Morgan fingerprint density at radius 1 is 1.50 bits per heavy atom. The summed E-state index contributed by atoms with van der Waals surface area (Å²) in [6.07, 6.45) is 4.31. The summed E-state index contributed by atoms with van der Waals surface area (Å²) in [7, 11) is 0. The molecular formula is C6H12BN. The van der Waals surface area contributed by atoms with Gasteiger partial charge in [-0.2, -0.15) is 0 Å². The first-order valence-electron chi connectivity index (χ1n) is 3.62. The largest absolute Gasteiger partial charge is 0.319 e. The zero-order valence-electron chi connectivity index (χ0n) is 5.35. The second-order valence-electron chi connectivity index (χ2n) is 3.26. The molecule has 0 saturated carbocycles. The lowest BCUT2D eigenvalue weighted by molar-refractivity contribution is 0.681. The molecule has 2 heteroatoms. The Hall–Kier alpha value is 0.0249. The van der Waals surface area contributed by atoms with Crippen molar-refractivity contribution in [1.29, 1.82) is 0 Å². The molecule has 2 atom stereocenters. The van der Waals surface area contributed by atoms with Gasteiger partial charge in [0.2, 0.25) is 0 Å². The molecule has 2 aliphatic rings. The Balaban J connectivity index is 2.11. The number of hydrogen-bond donors (Lipinski definition) is 1. The summed E-state index contributed by atoms with van der Waals surface area (Å²) in [5.74, 6) is 0.889. The fourth-order valence-electron chi connectivity index (χ4n) is 2.10. The van der Waals surface area contributed by atoms with Crippen LogP contribution in [0.15, 0.2) is 0 Å². The van der Waals surface area contributed by atoms with Crippen LogP contribution in [-0.4, -0.2) is 18.7 Å². The van der Waals surface area contributed by atoms with Crippen molar-refractivity contribution in [2.45, 2.75) is 38.0 Å². The van der Waals surface area contributed by atoms with Crippen LogP contribution in [0.5, 0.6) is 0 Å². The summed E-state index contributed by atoms with van der Waals surface area (Å²) in [5, 5.41) is 3.58. The van der Waals surface area contributed by atoms with Gasteiger partial charge in [0.05, 0.1) is 0 Å². The second-order valence-corrected chi connectivity index (χ2v) is 3.26. The molecule has 1 N–H and O–H groups in total. The van der Waals surface area contributed by atoms with E-state index in [2.05, 4.69) is 12.1 Å². The van der Waals surface area contributed by atoms with Gasteiger partial charge in [0.25, 0.3) is 0 Å². The van der Waals surface area contributed by atoms with Crippen LogP contribution >= 0.6 is 0 Å². The lowest BCUT2D eigenvalue weighted by Gasteiger charge is -2.09. The maximum Gasteiger partial charge on any atom is 0.158 e. The second kappa shape index (κ2) is 1.50. The average molecular weight is 109 g/mol. The Morgan fingerprint density at radius 2 is 2.38 bits per heavy atom. The molecule has 0 amide bonds. The molecule has 2 unspecified atom stereocenters. The monoisotopic (exact) mass is 109 g/mol. The van der Waals surface area contributed by atoms with Gasteiger partial charge < -0.3 is 5.32 Å². The van der Waals surface area contributed by atoms with Crippen molar-refractivity contribution in [3.63, 3.8) is 0 Å². The van der Waals surface area contributed by atoms with E-state index in [0.717, 1.165) is 18.7 Å². The third-order valence-electron chi connectivity index (χ3n) is 2.62. The minimum absolute atomic E-state index is 0.889. The molecule has 44 valence electrons. The molecule has 0 spiro atoms. The minimum Gasteiger partial charge on any atom is -0.319 e. The van der Waals surface area contributed by atoms with Crippen molar-refractivity contribution in [1.82, 2.24) is 5.32 Å². The molecule has 0 aromatic carbocycles. The van der Waals surface area contributed by atoms with Crippen LogP contribution in [0.4, 0.5) is 0 Å². The lowest BCUT2D eigenvalue weighted by Crippen LogP contribution is -2.27. The van der Waals surface area contributed by atoms with Crippen molar-refractivity contribution < 1.29 is 0 Å². The van der Waals surface area contributed by atoms with Gasteiger partial charge in [-0.05, 0) is 24.8 Å². The molecule has 2 aliphatic heterocycles. The Morgan fingerprint density at radius 3 is 2.62 bits per heavy atom. The fourth-order valence-corrected chi connectivity index (χ4v) is 2.10. The first kappa shape index (κ1) is 4.86. The topological polar surface area (TPSA) is 12.0 Å².